The first-order valence-electron chi connectivity index (χ1n) is 3.73. The lowest BCUT2D eigenvalue weighted by Gasteiger charge is -2.05. The molecule has 3 N–H and O–H groups in total. The van der Waals surface area contributed by atoms with Crippen molar-refractivity contribution in [3.8, 4) is 11.5 Å². The molecule has 0 saturated carbocycles. The van der Waals surface area contributed by atoms with Crippen molar-refractivity contribution in [3.63, 3.8) is 0 Å². The SMILES string of the molecule is CC(=O)c1cc(O)cc(O)c1C(=O)O. The zero-order valence-electron chi connectivity index (χ0n) is 7.31. The van der Waals surface area contributed by atoms with Gasteiger partial charge in [-0.25, -0.2) is 4.79 Å². The molecule has 0 unspecified atom stereocenters. The average Bonchev–Trinajstić information content (AvgIpc) is 2.01. The summed E-state index contributed by atoms with van der Waals surface area (Å²) in [7, 11) is 0. The van der Waals surface area contributed by atoms with E-state index in [2.05, 4.69) is 0 Å². The molecule has 0 heterocycles. The van der Waals surface area contributed by atoms with Gasteiger partial charge in [-0.15, -0.1) is 0 Å². The second-order valence-corrected chi connectivity index (χ2v) is 2.75. The molecule has 0 amide bonds. The molecule has 5 heteroatoms. The van der Waals surface area contributed by atoms with Crippen LogP contribution in [-0.2, 0) is 0 Å². The van der Waals surface area contributed by atoms with Crippen molar-refractivity contribution in [2.24, 2.45) is 0 Å². The lowest BCUT2D eigenvalue weighted by atomic mass is 10.0. The van der Waals surface area contributed by atoms with Crippen LogP contribution in [0.25, 0.3) is 0 Å². The highest BCUT2D eigenvalue weighted by molar-refractivity contribution is 6.06. The monoisotopic (exact) mass is 196 g/mol. The number of phenols is 2. The van der Waals surface area contributed by atoms with Gasteiger partial charge in [-0.3, -0.25) is 4.79 Å². The maximum absolute atomic E-state index is 11.0. The molecule has 14 heavy (non-hydrogen) atoms. The molecule has 0 atom stereocenters. The molecule has 1 aromatic rings. The summed E-state index contributed by atoms with van der Waals surface area (Å²) < 4.78 is 0. The highest BCUT2D eigenvalue weighted by Gasteiger charge is 2.19. The normalized spacial score (nSPS) is 9.79. The van der Waals surface area contributed by atoms with Gasteiger partial charge in [0.05, 0.1) is 0 Å². The number of carboxylic acid groups (broad SMARTS) is 1. The maximum atomic E-state index is 11.0. The van der Waals surface area contributed by atoms with Gasteiger partial charge in [-0.1, -0.05) is 0 Å². The molecule has 0 aliphatic heterocycles. The molecule has 1 aromatic carbocycles. The number of ketones is 1. The van der Waals surface area contributed by atoms with E-state index >= 15 is 0 Å². The van der Waals surface area contributed by atoms with Crippen molar-refractivity contribution in [3.05, 3.63) is 23.3 Å². The van der Waals surface area contributed by atoms with Gasteiger partial charge < -0.3 is 15.3 Å². The minimum Gasteiger partial charge on any atom is -0.508 e. The number of phenolic OH excluding ortho intramolecular Hbond substituents is 1. The largest absolute Gasteiger partial charge is 0.508 e. The van der Waals surface area contributed by atoms with Crippen LogP contribution in [0.4, 0.5) is 0 Å². The lowest BCUT2D eigenvalue weighted by molar-refractivity contribution is 0.0689. The van der Waals surface area contributed by atoms with Gasteiger partial charge in [0, 0.05) is 11.6 Å². The highest BCUT2D eigenvalue weighted by Crippen LogP contribution is 2.27. The maximum Gasteiger partial charge on any atom is 0.340 e. The summed E-state index contributed by atoms with van der Waals surface area (Å²) in [6.45, 7) is 1.15. The van der Waals surface area contributed by atoms with Gasteiger partial charge in [-0.05, 0) is 13.0 Å². The van der Waals surface area contributed by atoms with Crippen LogP contribution >= 0.6 is 0 Å². The number of carbonyl (C=O) groups is 2. The Kier molecular flexibility index (Phi) is 2.42. The number of carboxylic acids is 1. The summed E-state index contributed by atoms with van der Waals surface area (Å²) in [5.41, 5.74) is -0.703. The van der Waals surface area contributed by atoms with Crippen LogP contribution in [0, 0.1) is 0 Å². The first-order chi connectivity index (χ1) is 6.43. The van der Waals surface area contributed by atoms with Crippen molar-refractivity contribution in [1.29, 1.82) is 0 Å². The second kappa shape index (κ2) is 3.37. The molecule has 5 nitrogen and oxygen atoms in total. The van der Waals surface area contributed by atoms with Crippen LogP contribution in [0.15, 0.2) is 12.1 Å². The van der Waals surface area contributed by atoms with E-state index in [9.17, 15) is 14.7 Å². The van der Waals surface area contributed by atoms with Crippen LogP contribution in [0.5, 0.6) is 11.5 Å². The van der Waals surface area contributed by atoms with Crippen LogP contribution < -0.4 is 0 Å². The molecule has 0 aliphatic rings. The summed E-state index contributed by atoms with van der Waals surface area (Å²) >= 11 is 0. The summed E-state index contributed by atoms with van der Waals surface area (Å²) in [5, 5.41) is 26.9. The number of aromatic carboxylic acids is 1. The quantitative estimate of drug-likeness (QED) is 0.613. The van der Waals surface area contributed by atoms with Crippen molar-refractivity contribution in [2.75, 3.05) is 0 Å². The summed E-state index contributed by atoms with van der Waals surface area (Å²) in [6.07, 6.45) is 0. The molecule has 1 rings (SSSR count). The smallest absolute Gasteiger partial charge is 0.340 e. The van der Waals surface area contributed by atoms with E-state index in [1.807, 2.05) is 0 Å². The Morgan fingerprint density at radius 1 is 1.21 bits per heavy atom. The molecular weight excluding hydrogens is 188 g/mol. The molecule has 0 bridgehead atoms. The molecule has 0 fully saturated rings. The molecule has 0 spiro atoms. The van der Waals surface area contributed by atoms with Crippen LogP contribution in [0.3, 0.4) is 0 Å². The number of Topliss-reactive ketones (excluding diaryl/α,β-unsaturated/α-hetero) is 1. The van der Waals surface area contributed by atoms with Gasteiger partial charge in [0.15, 0.2) is 5.78 Å². The fraction of sp³-hybridized carbons (Fsp3) is 0.111. The summed E-state index contributed by atoms with van der Waals surface area (Å²) in [6, 6.07) is 1.88. The highest BCUT2D eigenvalue weighted by atomic mass is 16.4. The van der Waals surface area contributed by atoms with E-state index in [1.54, 1.807) is 0 Å². The number of benzene rings is 1. The molecule has 0 aromatic heterocycles. The van der Waals surface area contributed by atoms with Crippen molar-refractivity contribution in [1.82, 2.24) is 0 Å². The molecule has 74 valence electrons. The Balaban J connectivity index is 3.52. The molecule has 0 aliphatic carbocycles. The topological polar surface area (TPSA) is 94.8 Å². The van der Waals surface area contributed by atoms with Crippen LogP contribution in [0.1, 0.15) is 27.6 Å². The van der Waals surface area contributed by atoms with E-state index in [0.717, 1.165) is 19.1 Å². The predicted molar refractivity (Wildman–Crippen MR) is 46.7 cm³/mol. The lowest BCUT2D eigenvalue weighted by Crippen LogP contribution is -2.06. The number of aromatic hydroxyl groups is 2. The molecular formula is C9H8O5. The van der Waals surface area contributed by atoms with E-state index in [0.29, 0.717) is 0 Å². The van der Waals surface area contributed by atoms with Gasteiger partial charge in [-0.2, -0.15) is 0 Å². The van der Waals surface area contributed by atoms with Crippen LogP contribution in [-0.4, -0.2) is 27.1 Å². The Labute approximate surface area is 79.2 Å². The number of hydrogen-bond acceptors (Lipinski definition) is 4. The fourth-order valence-electron chi connectivity index (χ4n) is 1.11. The number of hydrogen-bond donors (Lipinski definition) is 3. The van der Waals surface area contributed by atoms with Crippen molar-refractivity contribution in [2.45, 2.75) is 6.92 Å². The average molecular weight is 196 g/mol. The Morgan fingerprint density at radius 2 is 1.79 bits per heavy atom. The van der Waals surface area contributed by atoms with Gasteiger partial charge >= 0.3 is 5.97 Å². The number of carbonyl (C=O) groups excluding carboxylic acids is 1. The third-order valence-electron chi connectivity index (χ3n) is 1.70. The van der Waals surface area contributed by atoms with Crippen molar-refractivity contribution < 1.29 is 24.9 Å². The van der Waals surface area contributed by atoms with E-state index in [4.69, 9.17) is 10.2 Å². The number of rotatable bonds is 2. The Bertz CT molecular complexity index is 408. The minimum atomic E-state index is -1.41. The van der Waals surface area contributed by atoms with Crippen LogP contribution in [0.2, 0.25) is 0 Å². The first kappa shape index (κ1) is 10.0. The third-order valence-corrected chi connectivity index (χ3v) is 1.70. The minimum absolute atomic E-state index is 0.213. The third kappa shape index (κ3) is 1.66. The van der Waals surface area contributed by atoms with E-state index in [1.165, 1.54) is 0 Å². The second-order valence-electron chi connectivity index (χ2n) is 2.75. The fourth-order valence-corrected chi connectivity index (χ4v) is 1.11. The van der Waals surface area contributed by atoms with E-state index in [-0.39, 0.29) is 11.3 Å². The standard InChI is InChI=1S/C9H8O5/c1-4(10)6-2-5(11)3-7(12)8(6)9(13)14/h2-3,11-12H,1H3,(H,13,14). The predicted octanol–water partition coefficient (Wildman–Crippen LogP) is 0.999. The zero-order valence-corrected chi connectivity index (χ0v) is 7.31. The summed E-state index contributed by atoms with van der Waals surface area (Å²) in [5.74, 6) is -2.92. The van der Waals surface area contributed by atoms with Crippen molar-refractivity contribution >= 4 is 11.8 Å². The van der Waals surface area contributed by atoms with Gasteiger partial charge in [0.2, 0.25) is 0 Å². The van der Waals surface area contributed by atoms with Gasteiger partial charge in [0.25, 0.3) is 0 Å². The van der Waals surface area contributed by atoms with Gasteiger partial charge in [0.1, 0.15) is 17.1 Å². The molecule has 0 radical (unpaired) electrons. The summed E-state index contributed by atoms with van der Waals surface area (Å²) in [4.78, 5) is 21.7. The van der Waals surface area contributed by atoms with E-state index < -0.39 is 23.1 Å². The zero-order chi connectivity index (χ0) is 10.9. The first-order valence-corrected chi connectivity index (χ1v) is 3.73. The Morgan fingerprint density at radius 3 is 2.21 bits per heavy atom. The molecule has 0 saturated heterocycles. The Hall–Kier alpha value is -2.04.